The first-order valence-corrected chi connectivity index (χ1v) is 8.12. The van der Waals surface area contributed by atoms with Crippen LogP contribution in [0.15, 0.2) is 47.4 Å². The van der Waals surface area contributed by atoms with Crippen LogP contribution >= 0.6 is 0 Å². The van der Waals surface area contributed by atoms with Crippen LogP contribution < -0.4 is 9.46 Å². The molecule has 0 radical (unpaired) electrons. The Labute approximate surface area is 127 Å². The molecule has 0 aliphatic heterocycles. The summed E-state index contributed by atoms with van der Waals surface area (Å²) in [5.41, 5.74) is 0.124. The fourth-order valence-corrected chi connectivity index (χ4v) is 3.03. The van der Waals surface area contributed by atoms with E-state index in [1.54, 1.807) is 18.2 Å². The molecule has 0 amide bonds. The number of nitrogens with one attached hydrogen (secondary N) is 1. The molecule has 7 heteroatoms. The normalized spacial score (nSPS) is 11.2. The number of benzene rings is 2. The van der Waals surface area contributed by atoms with Crippen LogP contribution in [0.2, 0.25) is 0 Å². The lowest BCUT2D eigenvalue weighted by Crippen LogP contribution is -2.17. The number of hydrogen-bond donors (Lipinski definition) is 1. The lowest BCUT2D eigenvalue weighted by Gasteiger charge is -2.13. The van der Waals surface area contributed by atoms with E-state index in [4.69, 9.17) is 4.74 Å². The second-order valence-corrected chi connectivity index (χ2v) is 6.12. The SMILES string of the molecule is CCCOc1ccccc1NS(=O)(=O)c1c(F)cccc1F. The Bertz CT molecular complexity index is 743. The van der Waals surface area contributed by atoms with Gasteiger partial charge in [-0.15, -0.1) is 0 Å². The standard InChI is InChI=1S/C15H15F2NO3S/c1-2-10-21-14-9-4-3-8-13(14)18-22(19,20)15-11(16)6-5-7-12(15)17/h3-9,18H,2,10H2,1H3. The number of para-hydroxylation sites is 2. The molecule has 0 bridgehead atoms. The highest BCUT2D eigenvalue weighted by atomic mass is 32.2. The predicted molar refractivity (Wildman–Crippen MR) is 79.4 cm³/mol. The summed E-state index contributed by atoms with van der Waals surface area (Å²) in [5.74, 6) is -2.01. The summed E-state index contributed by atoms with van der Waals surface area (Å²) in [6.45, 7) is 2.30. The van der Waals surface area contributed by atoms with Gasteiger partial charge in [0.25, 0.3) is 10.0 Å². The molecule has 4 nitrogen and oxygen atoms in total. The summed E-state index contributed by atoms with van der Waals surface area (Å²) < 4.78 is 59.3. The van der Waals surface area contributed by atoms with E-state index in [1.807, 2.05) is 6.92 Å². The summed E-state index contributed by atoms with van der Waals surface area (Å²) in [6, 6.07) is 9.17. The first-order chi connectivity index (χ1) is 10.5. The van der Waals surface area contributed by atoms with E-state index in [-0.39, 0.29) is 5.69 Å². The van der Waals surface area contributed by atoms with Gasteiger partial charge in [-0.3, -0.25) is 4.72 Å². The first kappa shape index (κ1) is 16.2. The Kier molecular flexibility index (Phi) is 4.97. The van der Waals surface area contributed by atoms with Crippen molar-refractivity contribution in [2.75, 3.05) is 11.3 Å². The van der Waals surface area contributed by atoms with Crippen molar-refractivity contribution in [2.24, 2.45) is 0 Å². The van der Waals surface area contributed by atoms with Crippen LogP contribution in [0, 0.1) is 11.6 Å². The van der Waals surface area contributed by atoms with Gasteiger partial charge in [-0.25, -0.2) is 17.2 Å². The number of sulfonamides is 1. The van der Waals surface area contributed by atoms with Crippen LogP contribution in [0.5, 0.6) is 5.75 Å². The van der Waals surface area contributed by atoms with Crippen LogP contribution in [-0.4, -0.2) is 15.0 Å². The van der Waals surface area contributed by atoms with Crippen molar-refractivity contribution in [1.82, 2.24) is 0 Å². The molecule has 0 aliphatic rings. The van der Waals surface area contributed by atoms with Gasteiger partial charge in [0.1, 0.15) is 17.4 Å². The number of hydrogen-bond acceptors (Lipinski definition) is 3. The highest BCUT2D eigenvalue weighted by Gasteiger charge is 2.24. The van der Waals surface area contributed by atoms with Gasteiger partial charge in [-0.1, -0.05) is 25.1 Å². The van der Waals surface area contributed by atoms with E-state index < -0.39 is 26.6 Å². The van der Waals surface area contributed by atoms with Crippen molar-refractivity contribution < 1.29 is 21.9 Å². The van der Waals surface area contributed by atoms with Crippen molar-refractivity contribution in [3.05, 3.63) is 54.1 Å². The Morgan fingerprint density at radius 3 is 2.32 bits per heavy atom. The van der Waals surface area contributed by atoms with Crippen molar-refractivity contribution in [1.29, 1.82) is 0 Å². The van der Waals surface area contributed by atoms with Crippen LogP contribution in [0.3, 0.4) is 0 Å². The molecule has 0 aromatic heterocycles. The summed E-state index contributed by atoms with van der Waals surface area (Å²) in [7, 11) is -4.40. The molecule has 0 atom stereocenters. The fourth-order valence-electron chi connectivity index (χ4n) is 1.82. The van der Waals surface area contributed by atoms with Gasteiger partial charge in [0.15, 0.2) is 4.90 Å². The fraction of sp³-hybridized carbons (Fsp3) is 0.200. The highest BCUT2D eigenvalue weighted by molar-refractivity contribution is 7.92. The second-order valence-electron chi connectivity index (χ2n) is 4.50. The molecule has 2 aromatic carbocycles. The zero-order chi connectivity index (χ0) is 16.2. The van der Waals surface area contributed by atoms with Gasteiger partial charge in [0.05, 0.1) is 12.3 Å². The maximum Gasteiger partial charge on any atom is 0.267 e. The Hall–Kier alpha value is -2.15. The Morgan fingerprint density at radius 2 is 1.68 bits per heavy atom. The molecule has 2 aromatic rings. The van der Waals surface area contributed by atoms with Gasteiger partial charge >= 0.3 is 0 Å². The maximum absolute atomic E-state index is 13.7. The molecular weight excluding hydrogens is 312 g/mol. The molecule has 0 heterocycles. The van der Waals surface area contributed by atoms with E-state index >= 15 is 0 Å². The average molecular weight is 327 g/mol. The minimum absolute atomic E-state index is 0.124. The van der Waals surface area contributed by atoms with Gasteiger partial charge in [-0.2, -0.15) is 0 Å². The third-order valence-electron chi connectivity index (χ3n) is 2.78. The Morgan fingerprint density at radius 1 is 1.05 bits per heavy atom. The second kappa shape index (κ2) is 6.74. The number of ether oxygens (including phenoxy) is 1. The molecule has 0 spiro atoms. The molecule has 2 rings (SSSR count). The molecular formula is C15H15F2NO3S. The zero-order valence-electron chi connectivity index (χ0n) is 11.8. The van der Waals surface area contributed by atoms with Gasteiger partial charge in [0.2, 0.25) is 0 Å². The van der Waals surface area contributed by atoms with E-state index in [0.29, 0.717) is 12.4 Å². The molecule has 1 N–H and O–H groups in total. The number of rotatable bonds is 6. The third-order valence-corrected chi connectivity index (χ3v) is 4.20. The molecule has 0 saturated heterocycles. The summed E-state index contributed by atoms with van der Waals surface area (Å²) in [6.07, 6.45) is 0.739. The highest BCUT2D eigenvalue weighted by Crippen LogP contribution is 2.28. The molecule has 0 saturated carbocycles. The van der Waals surface area contributed by atoms with Crippen LogP contribution in [0.4, 0.5) is 14.5 Å². The molecule has 0 fully saturated rings. The summed E-state index contributed by atoms with van der Waals surface area (Å²) >= 11 is 0. The van der Waals surface area contributed by atoms with Crippen molar-refractivity contribution in [3.8, 4) is 5.75 Å². The van der Waals surface area contributed by atoms with Gasteiger partial charge < -0.3 is 4.74 Å². The average Bonchev–Trinajstić information content (AvgIpc) is 2.45. The Balaban J connectivity index is 2.38. The molecule has 0 unspecified atom stereocenters. The predicted octanol–water partition coefficient (Wildman–Crippen LogP) is 3.55. The molecule has 22 heavy (non-hydrogen) atoms. The van der Waals surface area contributed by atoms with E-state index in [2.05, 4.69) is 4.72 Å². The van der Waals surface area contributed by atoms with Crippen molar-refractivity contribution in [2.45, 2.75) is 18.2 Å². The number of halogens is 2. The summed E-state index contributed by atoms with van der Waals surface area (Å²) in [4.78, 5) is -1.01. The molecule has 0 aliphatic carbocycles. The quantitative estimate of drug-likeness (QED) is 0.883. The van der Waals surface area contributed by atoms with E-state index in [9.17, 15) is 17.2 Å². The van der Waals surface area contributed by atoms with E-state index in [1.165, 1.54) is 6.07 Å². The van der Waals surface area contributed by atoms with Gasteiger partial charge in [-0.05, 0) is 30.7 Å². The largest absolute Gasteiger partial charge is 0.491 e. The lowest BCUT2D eigenvalue weighted by molar-refractivity contribution is 0.319. The monoisotopic (exact) mass is 327 g/mol. The maximum atomic E-state index is 13.7. The summed E-state index contributed by atoms with van der Waals surface area (Å²) in [5, 5.41) is 0. The minimum atomic E-state index is -4.40. The minimum Gasteiger partial charge on any atom is -0.491 e. The van der Waals surface area contributed by atoms with Crippen molar-refractivity contribution in [3.63, 3.8) is 0 Å². The van der Waals surface area contributed by atoms with Gasteiger partial charge in [0, 0.05) is 0 Å². The lowest BCUT2D eigenvalue weighted by atomic mass is 10.3. The van der Waals surface area contributed by atoms with Crippen LogP contribution in [0.25, 0.3) is 0 Å². The third kappa shape index (κ3) is 3.54. The van der Waals surface area contributed by atoms with Crippen molar-refractivity contribution >= 4 is 15.7 Å². The first-order valence-electron chi connectivity index (χ1n) is 6.64. The topological polar surface area (TPSA) is 55.4 Å². The zero-order valence-corrected chi connectivity index (χ0v) is 12.7. The number of anilines is 1. The van der Waals surface area contributed by atoms with Crippen LogP contribution in [0.1, 0.15) is 13.3 Å². The van der Waals surface area contributed by atoms with Crippen LogP contribution in [-0.2, 0) is 10.0 Å². The molecule has 118 valence electrons. The smallest absolute Gasteiger partial charge is 0.267 e. The van der Waals surface area contributed by atoms with E-state index in [0.717, 1.165) is 24.6 Å².